The van der Waals surface area contributed by atoms with Crippen molar-refractivity contribution in [3.63, 3.8) is 0 Å². The summed E-state index contributed by atoms with van der Waals surface area (Å²) in [6.07, 6.45) is 0. The maximum absolute atomic E-state index is 5.85. The molecular weight excluding hydrogens is 232 g/mol. The van der Waals surface area contributed by atoms with E-state index in [1.807, 2.05) is 6.92 Å². The van der Waals surface area contributed by atoms with Crippen molar-refractivity contribution in [1.29, 1.82) is 0 Å². The summed E-state index contributed by atoms with van der Waals surface area (Å²) in [5, 5.41) is 3.19. The lowest BCUT2D eigenvalue weighted by Gasteiger charge is -2.42. The van der Waals surface area contributed by atoms with Gasteiger partial charge in [-0.1, -0.05) is 0 Å². The SMILES string of the molecule is CC(N)c1csc(N2CC(C)N(C)C(C)C2)n1. The van der Waals surface area contributed by atoms with Crippen LogP contribution in [0.15, 0.2) is 5.38 Å². The lowest BCUT2D eigenvalue weighted by atomic mass is 10.1. The van der Waals surface area contributed by atoms with Gasteiger partial charge < -0.3 is 10.6 Å². The monoisotopic (exact) mass is 254 g/mol. The van der Waals surface area contributed by atoms with Crippen LogP contribution in [0.25, 0.3) is 0 Å². The van der Waals surface area contributed by atoms with Gasteiger partial charge in [-0.2, -0.15) is 0 Å². The lowest BCUT2D eigenvalue weighted by Crippen LogP contribution is -2.55. The van der Waals surface area contributed by atoms with E-state index in [0.717, 1.165) is 23.9 Å². The first kappa shape index (κ1) is 12.8. The van der Waals surface area contributed by atoms with Gasteiger partial charge in [-0.3, -0.25) is 4.90 Å². The third kappa shape index (κ3) is 2.61. The molecule has 0 spiro atoms. The summed E-state index contributed by atoms with van der Waals surface area (Å²) >= 11 is 1.71. The lowest BCUT2D eigenvalue weighted by molar-refractivity contribution is 0.170. The summed E-state index contributed by atoms with van der Waals surface area (Å²) in [7, 11) is 2.20. The molecular formula is C12H22N4S. The first-order valence-corrected chi connectivity index (χ1v) is 7.05. The van der Waals surface area contributed by atoms with Gasteiger partial charge in [-0.15, -0.1) is 11.3 Å². The highest BCUT2D eigenvalue weighted by molar-refractivity contribution is 7.13. The Kier molecular flexibility index (Phi) is 3.70. The molecule has 0 radical (unpaired) electrons. The number of anilines is 1. The predicted molar refractivity (Wildman–Crippen MR) is 73.6 cm³/mol. The highest BCUT2D eigenvalue weighted by Gasteiger charge is 2.28. The third-order valence-corrected chi connectivity index (χ3v) is 4.53. The van der Waals surface area contributed by atoms with Crippen LogP contribution in [0, 0.1) is 0 Å². The highest BCUT2D eigenvalue weighted by atomic mass is 32.1. The number of nitrogens with two attached hydrogens (primary N) is 1. The van der Waals surface area contributed by atoms with E-state index in [0.29, 0.717) is 12.1 Å². The molecule has 1 aromatic rings. The average Bonchev–Trinajstić information content (AvgIpc) is 2.74. The van der Waals surface area contributed by atoms with Crippen LogP contribution in [0.1, 0.15) is 32.5 Å². The second-order valence-electron chi connectivity index (χ2n) is 5.11. The number of hydrogen-bond acceptors (Lipinski definition) is 5. The van der Waals surface area contributed by atoms with Crippen LogP contribution in [-0.4, -0.2) is 42.1 Å². The van der Waals surface area contributed by atoms with Crippen LogP contribution in [0.4, 0.5) is 5.13 Å². The molecule has 1 aliphatic heterocycles. The van der Waals surface area contributed by atoms with E-state index in [-0.39, 0.29) is 6.04 Å². The quantitative estimate of drug-likeness (QED) is 0.872. The Morgan fingerprint density at radius 3 is 2.47 bits per heavy atom. The summed E-state index contributed by atoms with van der Waals surface area (Å²) in [6.45, 7) is 8.61. The summed E-state index contributed by atoms with van der Waals surface area (Å²) in [6, 6.07) is 1.17. The molecule has 4 nitrogen and oxygen atoms in total. The smallest absolute Gasteiger partial charge is 0.185 e. The van der Waals surface area contributed by atoms with Crippen molar-refractivity contribution in [3.05, 3.63) is 11.1 Å². The Bertz CT molecular complexity index is 364. The van der Waals surface area contributed by atoms with Crippen molar-refractivity contribution in [2.75, 3.05) is 25.0 Å². The zero-order valence-electron chi connectivity index (χ0n) is 11.1. The fourth-order valence-electron chi connectivity index (χ4n) is 2.19. The van der Waals surface area contributed by atoms with E-state index in [1.165, 1.54) is 0 Å². The number of aromatic nitrogens is 1. The highest BCUT2D eigenvalue weighted by Crippen LogP contribution is 2.26. The predicted octanol–water partition coefficient (Wildman–Crippen LogP) is 1.69. The maximum Gasteiger partial charge on any atom is 0.185 e. The fraction of sp³-hybridized carbons (Fsp3) is 0.750. The zero-order valence-corrected chi connectivity index (χ0v) is 11.9. The van der Waals surface area contributed by atoms with Crippen LogP contribution in [-0.2, 0) is 0 Å². The maximum atomic E-state index is 5.85. The van der Waals surface area contributed by atoms with Crippen LogP contribution < -0.4 is 10.6 Å². The molecule has 1 aromatic heterocycles. The van der Waals surface area contributed by atoms with Crippen LogP contribution in [0.2, 0.25) is 0 Å². The minimum Gasteiger partial charge on any atom is -0.345 e. The van der Waals surface area contributed by atoms with Crippen molar-refractivity contribution < 1.29 is 0 Å². The van der Waals surface area contributed by atoms with Crippen molar-refractivity contribution in [3.8, 4) is 0 Å². The van der Waals surface area contributed by atoms with Gasteiger partial charge in [0, 0.05) is 36.6 Å². The van der Waals surface area contributed by atoms with E-state index >= 15 is 0 Å². The molecule has 17 heavy (non-hydrogen) atoms. The second kappa shape index (κ2) is 4.92. The van der Waals surface area contributed by atoms with Crippen LogP contribution >= 0.6 is 11.3 Å². The van der Waals surface area contributed by atoms with Crippen LogP contribution in [0.5, 0.6) is 0 Å². The third-order valence-electron chi connectivity index (χ3n) is 3.61. The summed E-state index contributed by atoms with van der Waals surface area (Å²) in [5.74, 6) is 0. The largest absolute Gasteiger partial charge is 0.345 e. The molecule has 3 unspecified atom stereocenters. The van der Waals surface area contributed by atoms with E-state index < -0.39 is 0 Å². The van der Waals surface area contributed by atoms with E-state index in [4.69, 9.17) is 5.73 Å². The first-order chi connectivity index (χ1) is 7.99. The number of likely N-dealkylation sites (N-methyl/N-ethyl adjacent to an activating group) is 1. The first-order valence-electron chi connectivity index (χ1n) is 6.17. The number of piperazine rings is 1. The normalized spacial score (nSPS) is 28.4. The minimum absolute atomic E-state index is 0.0299. The van der Waals surface area contributed by atoms with Gasteiger partial charge in [-0.05, 0) is 27.8 Å². The number of thiazole rings is 1. The Balaban J connectivity index is 2.11. The van der Waals surface area contributed by atoms with Gasteiger partial charge in [0.2, 0.25) is 0 Å². The fourth-order valence-corrected chi connectivity index (χ4v) is 3.14. The second-order valence-corrected chi connectivity index (χ2v) is 5.95. The molecule has 0 aromatic carbocycles. The van der Waals surface area contributed by atoms with Gasteiger partial charge in [0.05, 0.1) is 5.69 Å². The van der Waals surface area contributed by atoms with Crippen molar-refractivity contribution >= 4 is 16.5 Å². The minimum atomic E-state index is 0.0299. The number of nitrogens with zero attached hydrogens (tertiary/aromatic N) is 3. The molecule has 0 saturated carbocycles. The van der Waals surface area contributed by atoms with Gasteiger partial charge >= 0.3 is 0 Å². The number of hydrogen-bond donors (Lipinski definition) is 1. The van der Waals surface area contributed by atoms with Crippen molar-refractivity contribution in [2.45, 2.75) is 38.9 Å². The molecule has 2 rings (SSSR count). The topological polar surface area (TPSA) is 45.4 Å². The molecule has 5 heteroatoms. The number of rotatable bonds is 2. The molecule has 2 N–H and O–H groups in total. The Morgan fingerprint density at radius 1 is 1.41 bits per heavy atom. The molecule has 3 atom stereocenters. The Hall–Kier alpha value is -0.650. The van der Waals surface area contributed by atoms with Crippen molar-refractivity contribution in [1.82, 2.24) is 9.88 Å². The molecule has 0 aliphatic carbocycles. The van der Waals surface area contributed by atoms with Gasteiger partial charge in [0.25, 0.3) is 0 Å². The molecule has 96 valence electrons. The zero-order chi connectivity index (χ0) is 12.6. The average molecular weight is 254 g/mol. The molecule has 0 amide bonds. The molecule has 1 aliphatic rings. The molecule has 1 saturated heterocycles. The Labute approximate surface area is 107 Å². The van der Waals surface area contributed by atoms with E-state index in [9.17, 15) is 0 Å². The van der Waals surface area contributed by atoms with Crippen LogP contribution in [0.3, 0.4) is 0 Å². The van der Waals surface area contributed by atoms with Gasteiger partial charge in [0.1, 0.15) is 0 Å². The summed E-state index contributed by atoms with van der Waals surface area (Å²) < 4.78 is 0. The molecule has 2 heterocycles. The van der Waals surface area contributed by atoms with E-state index in [1.54, 1.807) is 11.3 Å². The van der Waals surface area contributed by atoms with E-state index in [2.05, 4.69) is 41.1 Å². The van der Waals surface area contributed by atoms with Gasteiger partial charge in [0.15, 0.2) is 5.13 Å². The molecule has 0 bridgehead atoms. The Morgan fingerprint density at radius 2 is 2.00 bits per heavy atom. The van der Waals surface area contributed by atoms with Gasteiger partial charge in [-0.25, -0.2) is 4.98 Å². The standard InChI is InChI=1S/C12H22N4S/c1-8-5-16(6-9(2)15(8)4)12-14-11(7-17-12)10(3)13/h7-10H,5-6,13H2,1-4H3. The van der Waals surface area contributed by atoms with Crippen molar-refractivity contribution in [2.24, 2.45) is 5.73 Å². The summed E-state index contributed by atoms with van der Waals surface area (Å²) in [5.41, 5.74) is 6.85. The summed E-state index contributed by atoms with van der Waals surface area (Å²) in [4.78, 5) is 9.44. The molecule has 1 fully saturated rings.